The van der Waals surface area contributed by atoms with E-state index in [0.717, 1.165) is 31.9 Å². The number of carbonyl (C=O) groups is 1. The topological polar surface area (TPSA) is 54.5 Å². The van der Waals surface area contributed by atoms with Gasteiger partial charge in [0.1, 0.15) is 5.82 Å². The molecule has 1 aromatic rings. The zero-order valence-corrected chi connectivity index (χ0v) is 10.8. The molecule has 0 amide bonds. The first kappa shape index (κ1) is 12.8. The average Bonchev–Trinajstić information content (AvgIpc) is 2.35. The van der Waals surface area contributed by atoms with Gasteiger partial charge in [-0.2, -0.15) is 0 Å². The minimum atomic E-state index is -0.318. The van der Waals surface area contributed by atoms with Crippen molar-refractivity contribution in [1.29, 1.82) is 0 Å². The van der Waals surface area contributed by atoms with E-state index in [1.807, 2.05) is 0 Å². The Bertz CT molecular complexity index is 418. The largest absolute Gasteiger partial charge is 0.465 e. The van der Waals surface area contributed by atoms with Gasteiger partial charge in [-0.15, -0.1) is 0 Å². The van der Waals surface area contributed by atoms with E-state index in [9.17, 15) is 4.79 Å². The van der Waals surface area contributed by atoms with Gasteiger partial charge in [0.15, 0.2) is 0 Å². The van der Waals surface area contributed by atoms with Gasteiger partial charge in [0.2, 0.25) is 0 Å². The number of nitrogens with one attached hydrogen (secondary N) is 1. The predicted octanol–water partition coefficient (Wildman–Crippen LogP) is 1.06. The third kappa shape index (κ3) is 2.61. The first-order chi connectivity index (χ1) is 8.76. The van der Waals surface area contributed by atoms with Gasteiger partial charge in [-0.1, -0.05) is 6.92 Å². The summed E-state index contributed by atoms with van der Waals surface area (Å²) in [5, 5.41) is 3.26. The van der Waals surface area contributed by atoms with E-state index in [2.05, 4.69) is 22.1 Å². The molecule has 5 nitrogen and oxygen atoms in total. The maximum atomic E-state index is 11.5. The van der Waals surface area contributed by atoms with Crippen LogP contribution in [0.2, 0.25) is 0 Å². The van der Waals surface area contributed by atoms with Crippen molar-refractivity contribution >= 4 is 11.8 Å². The second-order valence-electron chi connectivity index (χ2n) is 4.40. The lowest BCUT2D eigenvalue weighted by Crippen LogP contribution is -2.57. The summed E-state index contributed by atoms with van der Waals surface area (Å²) in [6, 6.07) is 3.96. The molecule has 0 saturated carbocycles. The lowest BCUT2D eigenvalue weighted by molar-refractivity contribution is 0.0600. The van der Waals surface area contributed by atoms with Crippen LogP contribution in [0.3, 0.4) is 0 Å². The lowest BCUT2D eigenvalue weighted by Gasteiger charge is -2.39. The Labute approximate surface area is 107 Å². The number of ether oxygens (including phenoxy) is 1. The van der Waals surface area contributed by atoms with Gasteiger partial charge in [-0.3, -0.25) is 0 Å². The summed E-state index contributed by atoms with van der Waals surface area (Å²) >= 11 is 0. The van der Waals surface area contributed by atoms with Crippen LogP contribution >= 0.6 is 0 Å². The van der Waals surface area contributed by atoms with Crippen molar-refractivity contribution in [2.24, 2.45) is 0 Å². The molecule has 0 radical (unpaired) electrons. The van der Waals surface area contributed by atoms with E-state index in [1.165, 1.54) is 7.11 Å². The Hall–Kier alpha value is -1.62. The van der Waals surface area contributed by atoms with Gasteiger partial charge in [0, 0.05) is 25.8 Å². The first-order valence-electron chi connectivity index (χ1n) is 6.28. The van der Waals surface area contributed by atoms with Crippen molar-refractivity contribution in [1.82, 2.24) is 10.3 Å². The fraction of sp³-hybridized carbons (Fsp3) is 0.538. The van der Waals surface area contributed by atoms with Crippen LogP contribution in [0.5, 0.6) is 0 Å². The van der Waals surface area contributed by atoms with Gasteiger partial charge in [-0.25, -0.2) is 9.78 Å². The molecule has 5 heteroatoms. The van der Waals surface area contributed by atoms with E-state index in [-0.39, 0.29) is 5.97 Å². The number of aromatic nitrogens is 1. The van der Waals surface area contributed by atoms with Crippen molar-refractivity contribution in [2.45, 2.75) is 19.4 Å². The molecule has 2 rings (SSSR count). The molecule has 1 aliphatic rings. The van der Waals surface area contributed by atoms with E-state index >= 15 is 0 Å². The maximum Gasteiger partial charge on any atom is 0.338 e. The van der Waals surface area contributed by atoms with Crippen molar-refractivity contribution in [2.75, 3.05) is 31.6 Å². The molecule has 0 atom stereocenters. The number of esters is 1. The van der Waals surface area contributed by atoms with Crippen molar-refractivity contribution in [3.63, 3.8) is 0 Å². The van der Waals surface area contributed by atoms with Crippen LogP contribution in [0.1, 0.15) is 23.7 Å². The van der Waals surface area contributed by atoms with Crippen LogP contribution in [0.15, 0.2) is 18.3 Å². The summed E-state index contributed by atoms with van der Waals surface area (Å²) < 4.78 is 4.73. The van der Waals surface area contributed by atoms with Crippen LogP contribution in [0, 0.1) is 0 Å². The van der Waals surface area contributed by atoms with Crippen LogP contribution < -0.4 is 10.2 Å². The van der Waals surface area contributed by atoms with Gasteiger partial charge in [-0.05, 0) is 18.6 Å². The SMILES string of the molecule is CCCN(c1cc(C(=O)OC)ccn1)C1CNC1. The number of pyridine rings is 1. The number of hydrogen-bond acceptors (Lipinski definition) is 5. The lowest BCUT2D eigenvalue weighted by atomic mass is 10.1. The molecule has 1 N–H and O–H groups in total. The smallest absolute Gasteiger partial charge is 0.338 e. The number of nitrogens with zero attached hydrogens (tertiary/aromatic N) is 2. The average molecular weight is 249 g/mol. The van der Waals surface area contributed by atoms with Crippen LogP contribution in [0.4, 0.5) is 5.82 Å². The Balaban J connectivity index is 2.21. The van der Waals surface area contributed by atoms with Crippen LogP contribution in [-0.4, -0.2) is 43.7 Å². The fourth-order valence-corrected chi connectivity index (χ4v) is 2.04. The minimum absolute atomic E-state index is 0.318. The highest BCUT2D eigenvalue weighted by molar-refractivity contribution is 5.90. The molecule has 0 aliphatic carbocycles. The molecule has 98 valence electrons. The monoisotopic (exact) mass is 249 g/mol. The van der Waals surface area contributed by atoms with Crippen molar-refractivity contribution < 1.29 is 9.53 Å². The minimum Gasteiger partial charge on any atom is -0.465 e. The quantitative estimate of drug-likeness (QED) is 0.791. The number of anilines is 1. The fourth-order valence-electron chi connectivity index (χ4n) is 2.04. The van der Waals surface area contributed by atoms with Crippen LogP contribution in [-0.2, 0) is 4.74 Å². The third-order valence-corrected chi connectivity index (χ3v) is 3.13. The Morgan fingerprint density at radius 3 is 2.94 bits per heavy atom. The second-order valence-corrected chi connectivity index (χ2v) is 4.40. The molecular formula is C13H19N3O2. The number of methoxy groups -OCH3 is 1. The normalized spacial score (nSPS) is 15.0. The summed E-state index contributed by atoms with van der Waals surface area (Å²) in [6.45, 7) is 5.04. The molecule has 0 bridgehead atoms. The van der Waals surface area contributed by atoms with Gasteiger partial charge >= 0.3 is 5.97 Å². The van der Waals surface area contributed by atoms with E-state index in [0.29, 0.717) is 11.6 Å². The van der Waals surface area contributed by atoms with E-state index in [1.54, 1.807) is 18.3 Å². The highest BCUT2D eigenvalue weighted by Crippen LogP contribution is 2.18. The standard InChI is InChI=1S/C13H19N3O2/c1-3-6-16(11-8-14-9-11)12-7-10(4-5-15-12)13(17)18-2/h4-5,7,11,14H,3,6,8-9H2,1-2H3. The van der Waals surface area contributed by atoms with Gasteiger partial charge in [0.25, 0.3) is 0 Å². The number of rotatable bonds is 5. The summed E-state index contributed by atoms with van der Waals surface area (Å²) in [5.74, 6) is 0.535. The summed E-state index contributed by atoms with van der Waals surface area (Å²) in [6.07, 6.45) is 2.72. The summed E-state index contributed by atoms with van der Waals surface area (Å²) in [4.78, 5) is 18.1. The zero-order chi connectivity index (χ0) is 13.0. The predicted molar refractivity (Wildman–Crippen MR) is 69.9 cm³/mol. The van der Waals surface area contributed by atoms with Crippen molar-refractivity contribution in [3.05, 3.63) is 23.9 Å². The molecule has 1 aliphatic heterocycles. The Kier molecular flexibility index (Phi) is 4.15. The van der Waals surface area contributed by atoms with Crippen LogP contribution in [0.25, 0.3) is 0 Å². The second kappa shape index (κ2) is 5.82. The number of hydrogen-bond donors (Lipinski definition) is 1. The molecule has 2 heterocycles. The Morgan fingerprint density at radius 1 is 1.61 bits per heavy atom. The molecule has 18 heavy (non-hydrogen) atoms. The molecule has 1 fully saturated rings. The van der Waals surface area contributed by atoms with Gasteiger partial charge in [0.05, 0.1) is 18.7 Å². The number of carbonyl (C=O) groups excluding carboxylic acids is 1. The van der Waals surface area contributed by atoms with E-state index in [4.69, 9.17) is 4.74 Å². The maximum absolute atomic E-state index is 11.5. The third-order valence-electron chi connectivity index (χ3n) is 3.13. The highest BCUT2D eigenvalue weighted by Gasteiger charge is 2.25. The molecule has 0 aromatic carbocycles. The molecular weight excluding hydrogens is 230 g/mol. The van der Waals surface area contributed by atoms with E-state index < -0.39 is 0 Å². The highest BCUT2D eigenvalue weighted by atomic mass is 16.5. The van der Waals surface area contributed by atoms with Gasteiger partial charge < -0.3 is 15.0 Å². The molecule has 1 aromatic heterocycles. The summed E-state index contributed by atoms with van der Waals surface area (Å²) in [5.41, 5.74) is 0.552. The Morgan fingerprint density at radius 2 is 2.39 bits per heavy atom. The molecule has 0 unspecified atom stereocenters. The summed E-state index contributed by atoms with van der Waals surface area (Å²) in [7, 11) is 1.39. The molecule has 0 spiro atoms. The first-order valence-corrected chi connectivity index (χ1v) is 6.28. The molecule has 1 saturated heterocycles. The zero-order valence-electron chi connectivity index (χ0n) is 10.8. The van der Waals surface area contributed by atoms with Crippen molar-refractivity contribution in [3.8, 4) is 0 Å².